The summed E-state index contributed by atoms with van der Waals surface area (Å²) in [6.07, 6.45) is -1.43. The molecule has 0 saturated heterocycles. The summed E-state index contributed by atoms with van der Waals surface area (Å²) in [5, 5.41) is 9.40. The standard InChI is InChI=1S/C9H10F2NO3/c1-15-12(14)5-9(13)7-4-6(10)2-3-8(7)11/h2-4,9,13H,5H2,1H3/q+1. The van der Waals surface area contributed by atoms with Crippen LogP contribution in [0.1, 0.15) is 11.7 Å². The molecule has 0 radical (unpaired) electrons. The fourth-order valence-corrected chi connectivity index (χ4v) is 1.08. The Balaban J connectivity index is 2.85. The average molecular weight is 218 g/mol. The second-order valence-electron chi connectivity index (χ2n) is 2.88. The molecule has 0 bridgehead atoms. The number of hydrogen-bond acceptors (Lipinski definition) is 3. The highest BCUT2D eigenvalue weighted by atomic mass is 19.1. The van der Waals surface area contributed by atoms with E-state index < -0.39 is 24.3 Å². The molecular formula is C9H10F2NO3+. The molecule has 1 aromatic rings. The molecule has 15 heavy (non-hydrogen) atoms. The van der Waals surface area contributed by atoms with Crippen molar-refractivity contribution in [1.82, 2.24) is 0 Å². The lowest BCUT2D eigenvalue weighted by molar-refractivity contribution is -0.799. The van der Waals surface area contributed by atoms with Crippen LogP contribution in [0, 0.1) is 16.5 Å². The van der Waals surface area contributed by atoms with E-state index in [-0.39, 0.29) is 10.5 Å². The largest absolute Gasteiger partial charge is 0.381 e. The van der Waals surface area contributed by atoms with E-state index in [0.29, 0.717) is 0 Å². The van der Waals surface area contributed by atoms with Gasteiger partial charge in [0.1, 0.15) is 11.6 Å². The van der Waals surface area contributed by atoms with Gasteiger partial charge >= 0.3 is 0 Å². The van der Waals surface area contributed by atoms with Crippen molar-refractivity contribution < 1.29 is 23.6 Å². The third-order valence-corrected chi connectivity index (χ3v) is 1.84. The number of aliphatic hydroxyl groups is 1. The first-order valence-electron chi connectivity index (χ1n) is 4.16. The van der Waals surface area contributed by atoms with Gasteiger partial charge in [-0.1, -0.05) is 0 Å². The van der Waals surface area contributed by atoms with Crippen LogP contribution in [0.5, 0.6) is 0 Å². The Kier molecular flexibility index (Phi) is 3.68. The van der Waals surface area contributed by atoms with Crippen LogP contribution >= 0.6 is 0 Å². The van der Waals surface area contributed by atoms with Crippen molar-refractivity contribution in [3.63, 3.8) is 0 Å². The average Bonchev–Trinajstić information content (AvgIpc) is 2.21. The maximum absolute atomic E-state index is 13.1. The molecule has 0 fully saturated rings. The monoisotopic (exact) mass is 218 g/mol. The minimum Gasteiger partial charge on any atom is -0.381 e. The molecule has 1 aromatic carbocycles. The van der Waals surface area contributed by atoms with Crippen molar-refractivity contribution in [3.05, 3.63) is 40.3 Å². The van der Waals surface area contributed by atoms with E-state index in [9.17, 15) is 18.8 Å². The Labute approximate surface area is 84.6 Å². The molecule has 6 heteroatoms. The van der Waals surface area contributed by atoms with Gasteiger partial charge in [0.05, 0.1) is 4.91 Å². The summed E-state index contributed by atoms with van der Waals surface area (Å²) in [6, 6.07) is 2.65. The molecule has 0 saturated carbocycles. The van der Waals surface area contributed by atoms with E-state index in [1.54, 1.807) is 0 Å². The molecule has 0 aliphatic carbocycles. The molecule has 4 nitrogen and oxygen atoms in total. The van der Waals surface area contributed by atoms with Gasteiger partial charge in [-0.15, -0.1) is 0 Å². The molecule has 0 aliphatic rings. The van der Waals surface area contributed by atoms with Crippen LogP contribution in [0.4, 0.5) is 8.78 Å². The van der Waals surface area contributed by atoms with E-state index in [4.69, 9.17) is 0 Å². The summed E-state index contributed by atoms with van der Waals surface area (Å²) in [4.78, 5) is 15.0. The minimum atomic E-state index is -1.43. The maximum Gasteiger partial charge on any atom is 0.277 e. The lowest BCUT2D eigenvalue weighted by Gasteiger charge is -2.06. The number of nitrogens with zero attached hydrogens (tertiary/aromatic N) is 1. The highest BCUT2D eigenvalue weighted by molar-refractivity contribution is 5.20. The number of halogens is 2. The summed E-state index contributed by atoms with van der Waals surface area (Å²) < 4.78 is 25.8. The summed E-state index contributed by atoms with van der Waals surface area (Å²) >= 11 is 0. The Morgan fingerprint density at radius 1 is 1.53 bits per heavy atom. The summed E-state index contributed by atoms with van der Waals surface area (Å²) in [6.45, 7) is -0.489. The molecule has 1 rings (SSSR count). The SMILES string of the molecule is CO[N+](=O)CC(O)c1cc(F)ccc1F. The van der Waals surface area contributed by atoms with Gasteiger partial charge in [0.15, 0.2) is 13.2 Å². The molecule has 0 aliphatic heterocycles. The Bertz CT molecular complexity index is 370. The van der Waals surface area contributed by atoms with Gasteiger partial charge in [-0.25, -0.2) is 13.6 Å². The van der Waals surface area contributed by atoms with Crippen LogP contribution in [0.25, 0.3) is 0 Å². The molecule has 0 spiro atoms. The van der Waals surface area contributed by atoms with Crippen LogP contribution < -0.4 is 0 Å². The molecule has 0 aromatic heterocycles. The fraction of sp³-hybridized carbons (Fsp3) is 0.333. The predicted molar refractivity (Wildman–Crippen MR) is 46.8 cm³/mol. The van der Waals surface area contributed by atoms with Crippen molar-refractivity contribution in [2.45, 2.75) is 6.10 Å². The fourth-order valence-electron chi connectivity index (χ4n) is 1.08. The summed E-state index contributed by atoms with van der Waals surface area (Å²) in [5.41, 5.74) is -0.270. The first kappa shape index (κ1) is 11.5. The topological polar surface area (TPSA) is 49.5 Å². The van der Waals surface area contributed by atoms with Crippen molar-refractivity contribution in [3.8, 4) is 0 Å². The van der Waals surface area contributed by atoms with Gasteiger partial charge in [0.2, 0.25) is 4.92 Å². The van der Waals surface area contributed by atoms with Crippen molar-refractivity contribution in [1.29, 1.82) is 0 Å². The minimum absolute atomic E-state index is 0.0784. The molecule has 0 amide bonds. The predicted octanol–water partition coefficient (Wildman–Crippen LogP) is 1.34. The van der Waals surface area contributed by atoms with Crippen LogP contribution in [-0.4, -0.2) is 23.7 Å². The van der Waals surface area contributed by atoms with Gasteiger partial charge < -0.3 is 5.11 Å². The lowest BCUT2D eigenvalue weighted by atomic mass is 10.1. The second-order valence-corrected chi connectivity index (χ2v) is 2.88. The Morgan fingerprint density at radius 3 is 2.80 bits per heavy atom. The third kappa shape index (κ3) is 2.95. The zero-order valence-electron chi connectivity index (χ0n) is 7.98. The molecular weight excluding hydrogens is 208 g/mol. The Hall–Kier alpha value is -1.56. The van der Waals surface area contributed by atoms with Gasteiger partial charge in [-0.3, -0.25) is 0 Å². The highest BCUT2D eigenvalue weighted by Crippen LogP contribution is 2.18. The van der Waals surface area contributed by atoms with Crippen molar-refractivity contribution >= 4 is 0 Å². The smallest absolute Gasteiger partial charge is 0.277 e. The van der Waals surface area contributed by atoms with Crippen LogP contribution in [-0.2, 0) is 4.84 Å². The summed E-state index contributed by atoms with van der Waals surface area (Å²) in [5.74, 6) is -1.45. The molecule has 1 atom stereocenters. The van der Waals surface area contributed by atoms with Gasteiger partial charge in [-0.2, -0.15) is 0 Å². The first-order chi connectivity index (χ1) is 7.04. The summed E-state index contributed by atoms with van der Waals surface area (Å²) in [7, 11) is 1.11. The van der Waals surface area contributed by atoms with E-state index in [1.807, 2.05) is 0 Å². The van der Waals surface area contributed by atoms with E-state index >= 15 is 0 Å². The van der Waals surface area contributed by atoms with E-state index in [1.165, 1.54) is 0 Å². The molecule has 1 unspecified atom stereocenters. The van der Waals surface area contributed by atoms with Crippen LogP contribution in [0.15, 0.2) is 18.2 Å². The second kappa shape index (κ2) is 4.79. The zero-order valence-corrected chi connectivity index (χ0v) is 7.98. The third-order valence-electron chi connectivity index (χ3n) is 1.84. The van der Waals surface area contributed by atoms with Gasteiger partial charge in [0.25, 0.3) is 6.54 Å². The van der Waals surface area contributed by atoms with Crippen LogP contribution in [0.2, 0.25) is 0 Å². The van der Waals surface area contributed by atoms with Crippen molar-refractivity contribution in [2.24, 2.45) is 0 Å². The van der Waals surface area contributed by atoms with Crippen LogP contribution in [0.3, 0.4) is 0 Å². The highest BCUT2D eigenvalue weighted by Gasteiger charge is 2.22. The van der Waals surface area contributed by atoms with Gasteiger partial charge in [0, 0.05) is 5.56 Å². The lowest BCUT2D eigenvalue weighted by Crippen LogP contribution is -2.17. The van der Waals surface area contributed by atoms with Gasteiger partial charge in [-0.05, 0) is 18.2 Å². The zero-order chi connectivity index (χ0) is 11.4. The van der Waals surface area contributed by atoms with E-state index in [0.717, 1.165) is 25.3 Å². The molecule has 82 valence electrons. The molecule has 1 N–H and O–H groups in total. The number of hydrogen-bond donors (Lipinski definition) is 1. The molecule has 0 heterocycles. The number of rotatable bonds is 4. The normalized spacial score (nSPS) is 12.3. The quantitative estimate of drug-likeness (QED) is 0.776. The Morgan fingerprint density at radius 2 is 2.20 bits per heavy atom. The number of aliphatic hydroxyl groups excluding tert-OH is 1. The maximum atomic E-state index is 13.1. The van der Waals surface area contributed by atoms with E-state index in [2.05, 4.69) is 4.84 Å². The first-order valence-corrected chi connectivity index (χ1v) is 4.16. The van der Waals surface area contributed by atoms with Crippen molar-refractivity contribution in [2.75, 3.05) is 13.7 Å². The number of benzene rings is 1.